The number of halogens is 1. The van der Waals surface area contributed by atoms with Gasteiger partial charge in [0.1, 0.15) is 28.5 Å². The molecule has 36 heavy (non-hydrogen) atoms. The van der Waals surface area contributed by atoms with Gasteiger partial charge >= 0.3 is 0 Å². The lowest BCUT2D eigenvalue weighted by atomic mass is 10.00. The maximum Gasteiger partial charge on any atom is 0.256 e. The zero-order chi connectivity index (χ0) is 25.5. The Hall–Kier alpha value is -3.60. The number of methoxy groups -OCH3 is 1. The van der Waals surface area contributed by atoms with Crippen LogP contribution in [0, 0.1) is 17.9 Å². The topological polar surface area (TPSA) is 92.6 Å². The van der Waals surface area contributed by atoms with E-state index in [0.717, 1.165) is 16.3 Å². The van der Waals surface area contributed by atoms with E-state index in [-0.39, 0.29) is 24.8 Å². The van der Waals surface area contributed by atoms with E-state index in [1.54, 1.807) is 24.3 Å². The summed E-state index contributed by atoms with van der Waals surface area (Å²) in [4.78, 5) is 12.8. The molecule has 0 aliphatic carbocycles. The quantitative estimate of drug-likeness (QED) is 0.190. The van der Waals surface area contributed by atoms with Crippen LogP contribution in [0.5, 0.6) is 11.6 Å². The molecule has 2 aromatic heterocycles. The first-order chi connectivity index (χ1) is 17.6. The molecule has 0 saturated carbocycles. The molecule has 0 bridgehead atoms. The summed E-state index contributed by atoms with van der Waals surface area (Å²) in [6.45, 7) is 7.79. The van der Waals surface area contributed by atoms with Crippen LogP contribution >= 0.6 is 34.7 Å². The second-order valence-electron chi connectivity index (χ2n) is 7.28. The maximum absolute atomic E-state index is 10.1. The second kappa shape index (κ2) is 11.9. The monoisotopic (exact) mass is 534 g/mol. The molecule has 10 heteroatoms. The van der Waals surface area contributed by atoms with Crippen molar-refractivity contribution in [3.63, 3.8) is 0 Å². The highest BCUT2D eigenvalue weighted by molar-refractivity contribution is 7.98. The predicted octanol–water partition coefficient (Wildman–Crippen LogP) is 6.62. The van der Waals surface area contributed by atoms with Crippen LogP contribution in [-0.4, -0.2) is 35.4 Å². The number of benzene rings is 2. The Bertz CT molecular complexity index is 1440. The molecule has 2 heterocycles. The van der Waals surface area contributed by atoms with Crippen molar-refractivity contribution in [2.75, 3.05) is 20.3 Å². The zero-order valence-corrected chi connectivity index (χ0v) is 21.5. The molecule has 0 saturated heterocycles. The Morgan fingerprint density at radius 1 is 1.14 bits per heavy atom. The number of hydrogen-bond donors (Lipinski definition) is 1. The Morgan fingerprint density at radius 3 is 2.50 bits per heavy atom. The van der Waals surface area contributed by atoms with Gasteiger partial charge in [-0.2, -0.15) is 5.26 Å². The van der Waals surface area contributed by atoms with E-state index in [0.29, 0.717) is 38.2 Å². The number of aliphatic hydroxyl groups is 1. The van der Waals surface area contributed by atoms with Gasteiger partial charge in [-0.1, -0.05) is 47.6 Å². The van der Waals surface area contributed by atoms with Gasteiger partial charge in [-0.3, -0.25) is 0 Å². The molecule has 0 spiro atoms. The van der Waals surface area contributed by atoms with Crippen molar-refractivity contribution < 1.29 is 14.6 Å². The van der Waals surface area contributed by atoms with Crippen molar-refractivity contribution in [3.05, 3.63) is 81.6 Å². The number of aromatic nitrogens is 2. The smallest absolute Gasteiger partial charge is 0.256 e. The average Bonchev–Trinajstić information content (AvgIpc) is 3.39. The van der Waals surface area contributed by atoms with Gasteiger partial charge < -0.3 is 14.6 Å². The summed E-state index contributed by atoms with van der Waals surface area (Å²) < 4.78 is 10.8. The summed E-state index contributed by atoms with van der Waals surface area (Å²) >= 11 is 8.87. The molecular weight excluding hydrogens is 516 g/mol. The molecule has 0 radical (unpaired) electrons. The minimum absolute atomic E-state index is 0.0927. The summed E-state index contributed by atoms with van der Waals surface area (Å²) in [5.41, 5.74) is 3.41. The van der Waals surface area contributed by atoms with Crippen molar-refractivity contribution >= 4 is 40.4 Å². The zero-order valence-electron chi connectivity index (χ0n) is 19.1. The van der Waals surface area contributed by atoms with E-state index in [2.05, 4.69) is 15.9 Å². The number of nitriles is 1. The average molecular weight is 535 g/mol. The van der Waals surface area contributed by atoms with Crippen LogP contribution < -0.4 is 9.47 Å². The van der Waals surface area contributed by atoms with Gasteiger partial charge in [0, 0.05) is 27.3 Å². The number of thioether (sulfide) groups is 1. The Balaban J connectivity index is 1.66. The highest BCUT2D eigenvalue weighted by atomic mass is 35.5. The third kappa shape index (κ3) is 5.62. The SMILES string of the molecule is [C-]#[N+]c1c(OC)nc(SCc2csc(-c3ccc(Cl)cc3)n2)c(C#N)c1-c1ccc(OCCO)cc1. The lowest BCUT2D eigenvalue weighted by Crippen LogP contribution is -2.01. The lowest BCUT2D eigenvalue weighted by molar-refractivity contribution is 0.201. The number of thiazole rings is 1. The van der Waals surface area contributed by atoms with Crippen molar-refractivity contribution in [1.82, 2.24) is 9.97 Å². The van der Waals surface area contributed by atoms with Gasteiger partial charge in [0.2, 0.25) is 5.88 Å². The molecule has 0 aliphatic rings. The summed E-state index contributed by atoms with van der Waals surface area (Å²) in [5.74, 6) is 1.22. The molecule has 0 atom stereocenters. The van der Waals surface area contributed by atoms with Gasteiger partial charge in [-0.25, -0.2) is 14.8 Å². The Kier molecular flexibility index (Phi) is 8.42. The maximum atomic E-state index is 10.1. The summed E-state index contributed by atoms with van der Waals surface area (Å²) in [6, 6.07) is 16.7. The number of hydrogen-bond acceptors (Lipinski definition) is 8. The van der Waals surface area contributed by atoms with Crippen molar-refractivity contribution in [2.24, 2.45) is 0 Å². The number of ether oxygens (including phenoxy) is 2. The predicted molar refractivity (Wildman–Crippen MR) is 142 cm³/mol. The molecule has 1 N–H and O–H groups in total. The van der Waals surface area contributed by atoms with Gasteiger partial charge in [0.25, 0.3) is 5.69 Å². The minimum atomic E-state index is -0.0927. The summed E-state index contributed by atoms with van der Waals surface area (Å²) in [6.07, 6.45) is 0. The van der Waals surface area contributed by atoms with Crippen molar-refractivity contribution in [2.45, 2.75) is 10.8 Å². The molecule has 7 nitrogen and oxygen atoms in total. The van der Waals surface area contributed by atoms with Gasteiger partial charge in [0.15, 0.2) is 0 Å². The van der Waals surface area contributed by atoms with Crippen LogP contribution in [0.15, 0.2) is 58.9 Å². The third-order valence-electron chi connectivity index (χ3n) is 5.03. The van der Waals surface area contributed by atoms with Crippen LogP contribution in [0.25, 0.3) is 26.5 Å². The molecule has 4 aromatic rings. The number of rotatable bonds is 9. The minimum Gasteiger partial charge on any atom is -0.491 e. The van der Waals surface area contributed by atoms with E-state index >= 15 is 0 Å². The molecule has 0 amide bonds. The van der Waals surface area contributed by atoms with Crippen LogP contribution in [-0.2, 0) is 5.75 Å². The fourth-order valence-corrected chi connectivity index (χ4v) is 5.32. The van der Waals surface area contributed by atoms with E-state index in [1.807, 2.05) is 29.6 Å². The third-order valence-corrected chi connectivity index (χ3v) is 7.23. The highest BCUT2D eigenvalue weighted by Crippen LogP contribution is 2.44. The van der Waals surface area contributed by atoms with E-state index in [1.165, 1.54) is 30.2 Å². The fourth-order valence-electron chi connectivity index (χ4n) is 3.39. The highest BCUT2D eigenvalue weighted by Gasteiger charge is 2.23. The first-order valence-corrected chi connectivity index (χ1v) is 12.9. The van der Waals surface area contributed by atoms with Crippen molar-refractivity contribution in [3.8, 4) is 39.4 Å². The fraction of sp³-hybridized carbons (Fsp3) is 0.154. The molecule has 4 rings (SSSR count). The largest absolute Gasteiger partial charge is 0.491 e. The van der Waals surface area contributed by atoms with E-state index < -0.39 is 0 Å². The van der Waals surface area contributed by atoms with Crippen molar-refractivity contribution in [1.29, 1.82) is 5.26 Å². The van der Waals surface area contributed by atoms with Crippen LogP contribution in [0.2, 0.25) is 5.02 Å². The Morgan fingerprint density at radius 2 is 1.86 bits per heavy atom. The second-order valence-corrected chi connectivity index (χ2v) is 9.54. The first-order valence-electron chi connectivity index (χ1n) is 10.6. The van der Waals surface area contributed by atoms with Gasteiger partial charge in [-0.15, -0.1) is 11.3 Å². The number of aliphatic hydroxyl groups excluding tert-OH is 1. The number of pyridine rings is 1. The van der Waals surface area contributed by atoms with Gasteiger partial charge in [-0.05, 0) is 29.8 Å². The molecule has 0 fully saturated rings. The van der Waals surface area contributed by atoms with Crippen LogP contribution in [0.4, 0.5) is 5.69 Å². The molecular formula is C26H19ClN4O3S2. The first kappa shape index (κ1) is 25.5. The molecule has 180 valence electrons. The summed E-state index contributed by atoms with van der Waals surface area (Å²) in [7, 11) is 1.45. The molecule has 0 unspecified atom stereocenters. The van der Waals surface area contributed by atoms with Gasteiger partial charge in [0.05, 0.1) is 31.5 Å². The lowest BCUT2D eigenvalue weighted by Gasteiger charge is -2.14. The molecule has 0 aliphatic heterocycles. The number of nitrogens with zero attached hydrogens (tertiary/aromatic N) is 4. The van der Waals surface area contributed by atoms with Crippen LogP contribution in [0.3, 0.4) is 0 Å². The molecule has 2 aromatic carbocycles. The standard InChI is InChI=1S/C26H19ClN4O3S2/c1-29-23-22(16-5-9-20(10-6-16)34-12-11-32)21(13-28)26(31-24(23)33-2)36-15-19-14-35-25(30-19)17-3-7-18(27)8-4-17/h3-10,14,32H,11-12,15H2,2H3. The van der Waals surface area contributed by atoms with E-state index in [4.69, 9.17) is 37.7 Å². The van der Waals surface area contributed by atoms with Crippen LogP contribution in [0.1, 0.15) is 11.3 Å². The summed E-state index contributed by atoms with van der Waals surface area (Å²) in [5, 5.41) is 23.0. The van der Waals surface area contributed by atoms with E-state index in [9.17, 15) is 5.26 Å². The normalized spacial score (nSPS) is 10.5. The Labute approximate surface area is 221 Å².